The Morgan fingerprint density at radius 1 is 1.44 bits per heavy atom. The van der Waals surface area contributed by atoms with Gasteiger partial charge in [-0.3, -0.25) is 0 Å². The van der Waals surface area contributed by atoms with Gasteiger partial charge in [0, 0.05) is 17.5 Å². The van der Waals surface area contributed by atoms with Crippen LogP contribution < -0.4 is 5.32 Å². The van der Waals surface area contributed by atoms with Crippen molar-refractivity contribution in [3.05, 3.63) is 21.3 Å². The number of aliphatic hydroxyl groups is 1. The molecule has 92 valence electrons. The van der Waals surface area contributed by atoms with E-state index in [0.29, 0.717) is 18.5 Å². The van der Waals surface area contributed by atoms with Crippen molar-refractivity contribution in [2.45, 2.75) is 39.3 Å². The van der Waals surface area contributed by atoms with Gasteiger partial charge in [-0.05, 0) is 24.5 Å². The number of halogens is 1. The molecule has 1 rings (SSSR count). The molecule has 2 unspecified atom stereocenters. The van der Waals surface area contributed by atoms with Crippen LogP contribution in [-0.2, 0) is 0 Å². The molecule has 16 heavy (non-hydrogen) atoms. The Morgan fingerprint density at radius 2 is 2.12 bits per heavy atom. The fourth-order valence-electron chi connectivity index (χ4n) is 1.72. The minimum atomic E-state index is -0.453. The van der Waals surface area contributed by atoms with E-state index >= 15 is 0 Å². The highest BCUT2D eigenvalue weighted by Gasteiger charge is 2.14. The summed E-state index contributed by atoms with van der Waals surface area (Å²) in [5, 5.41) is 13.3. The van der Waals surface area contributed by atoms with Crippen LogP contribution in [0.15, 0.2) is 12.1 Å². The van der Waals surface area contributed by atoms with Gasteiger partial charge < -0.3 is 10.4 Å². The second kappa shape index (κ2) is 6.60. The van der Waals surface area contributed by atoms with E-state index in [1.165, 1.54) is 11.3 Å². The molecule has 0 radical (unpaired) electrons. The first-order valence-electron chi connectivity index (χ1n) is 5.71. The van der Waals surface area contributed by atoms with E-state index in [2.05, 4.69) is 26.1 Å². The zero-order valence-corrected chi connectivity index (χ0v) is 11.6. The molecular formula is C12H20ClNOS. The van der Waals surface area contributed by atoms with Gasteiger partial charge in [-0.15, -0.1) is 11.3 Å². The molecular weight excluding hydrogens is 242 g/mol. The second-order valence-corrected chi connectivity index (χ2v) is 6.07. The molecule has 4 heteroatoms. The smallest absolute Gasteiger partial charge is 0.101 e. The molecule has 1 aromatic rings. The topological polar surface area (TPSA) is 32.3 Å². The van der Waals surface area contributed by atoms with Crippen LogP contribution in [0.1, 0.15) is 38.2 Å². The molecule has 0 bridgehead atoms. The molecule has 0 saturated heterocycles. The van der Waals surface area contributed by atoms with E-state index in [9.17, 15) is 5.11 Å². The lowest BCUT2D eigenvalue weighted by Crippen LogP contribution is -2.35. The van der Waals surface area contributed by atoms with E-state index in [0.717, 1.165) is 15.6 Å². The van der Waals surface area contributed by atoms with Crippen molar-refractivity contribution in [2.24, 2.45) is 5.92 Å². The van der Waals surface area contributed by atoms with Crippen molar-refractivity contribution in [3.8, 4) is 0 Å². The number of thiophene rings is 1. The predicted octanol–water partition coefficient (Wildman–Crippen LogP) is 3.46. The zero-order valence-electron chi connectivity index (χ0n) is 10.0. The van der Waals surface area contributed by atoms with Crippen LogP contribution in [0.3, 0.4) is 0 Å². The Balaban J connectivity index is 2.43. The molecule has 2 nitrogen and oxygen atoms in total. The molecule has 0 fully saturated rings. The monoisotopic (exact) mass is 261 g/mol. The van der Waals surface area contributed by atoms with Gasteiger partial charge in [-0.2, -0.15) is 0 Å². The Bertz CT molecular complexity index is 314. The summed E-state index contributed by atoms with van der Waals surface area (Å²) in [4.78, 5) is 0.927. The highest BCUT2D eigenvalue weighted by molar-refractivity contribution is 7.16. The van der Waals surface area contributed by atoms with E-state index in [4.69, 9.17) is 11.6 Å². The Labute approximate surface area is 107 Å². The van der Waals surface area contributed by atoms with Crippen LogP contribution in [0.4, 0.5) is 0 Å². The van der Waals surface area contributed by atoms with Gasteiger partial charge in [0.05, 0.1) is 4.34 Å². The predicted molar refractivity (Wildman–Crippen MR) is 71.2 cm³/mol. The Hall–Kier alpha value is -0.0900. The maximum Gasteiger partial charge on any atom is 0.101 e. The summed E-state index contributed by atoms with van der Waals surface area (Å²) in [5.74, 6) is 0.587. The van der Waals surface area contributed by atoms with Crippen LogP contribution in [-0.4, -0.2) is 17.7 Å². The van der Waals surface area contributed by atoms with Crippen LogP contribution in [0, 0.1) is 5.92 Å². The van der Waals surface area contributed by atoms with Crippen molar-refractivity contribution in [3.63, 3.8) is 0 Å². The lowest BCUT2D eigenvalue weighted by atomic mass is 10.0. The van der Waals surface area contributed by atoms with E-state index in [1.807, 2.05) is 12.1 Å². The molecule has 2 N–H and O–H groups in total. The molecule has 0 aliphatic heterocycles. The number of hydrogen-bond donors (Lipinski definition) is 2. The van der Waals surface area contributed by atoms with Crippen LogP contribution in [0.25, 0.3) is 0 Å². The fraction of sp³-hybridized carbons (Fsp3) is 0.667. The van der Waals surface area contributed by atoms with Crippen molar-refractivity contribution >= 4 is 22.9 Å². The van der Waals surface area contributed by atoms with Crippen LogP contribution in [0.2, 0.25) is 4.34 Å². The minimum Gasteiger partial charge on any atom is -0.386 e. The van der Waals surface area contributed by atoms with Gasteiger partial charge in [0.1, 0.15) is 6.10 Å². The summed E-state index contributed by atoms with van der Waals surface area (Å²) in [6, 6.07) is 4.17. The Kier molecular flexibility index (Phi) is 5.76. The van der Waals surface area contributed by atoms with Crippen LogP contribution in [0.5, 0.6) is 0 Å². The van der Waals surface area contributed by atoms with Gasteiger partial charge in [0.2, 0.25) is 0 Å². The van der Waals surface area contributed by atoms with Crippen molar-refractivity contribution in [2.75, 3.05) is 6.54 Å². The molecule has 0 aromatic carbocycles. The third-order valence-electron chi connectivity index (χ3n) is 2.74. The summed E-state index contributed by atoms with van der Waals surface area (Å²) < 4.78 is 0.727. The zero-order chi connectivity index (χ0) is 12.1. The molecule has 0 amide bonds. The van der Waals surface area contributed by atoms with Crippen molar-refractivity contribution in [1.29, 1.82) is 0 Å². The van der Waals surface area contributed by atoms with Crippen molar-refractivity contribution in [1.82, 2.24) is 5.32 Å². The van der Waals surface area contributed by atoms with Gasteiger partial charge in [0.25, 0.3) is 0 Å². The second-order valence-electron chi connectivity index (χ2n) is 4.32. The number of rotatable bonds is 6. The summed E-state index contributed by atoms with van der Waals surface area (Å²) in [7, 11) is 0. The SMILES string of the molecule is CCC(NCC(O)c1ccc(Cl)s1)C(C)C. The average Bonchev–Trinajstić information content (AvgIpc) is 2.65. The lowest BCUT2D eigenvalue weighted by Gasteiger charge is -2.22. The molecule has 2 atom stereocenters. The first-order chi connectivity index (χ1) is 7.54. The van der Waals surface area contributed by atoms with Crippen molar-refractivity contribution < 1.29 is 5.11 Å². The summed E-state index contributed by atoms with van der Waals surface area (Å²) in [6.45, 7) is 7.13. The molecule has 1 aromatic heterocycles. The molecule has 1 heterocycles. The largest absolute Gasteiger partial charge is 0.386 e. The Morgan fingerprint density at radius 3 is 2.56 bits per heavy atom. The molecule has 0 saturated carbocycles. The molecule has 0 aliphatic rings. The maximum atomic E-state index is 9.95. The van der Waals surface area contributed by atoms with Crippen LogP contribution >= 0.6 is 22.9 Å². The van der Waals surface area contributed by atoms with E-state index in [1.54, 1.807) is 0 Å². The number of hydrogen-bond acceptors (Lipinski definition) is 3. The summed E-state index contributed by atoms with van der Waals surface area (Å²) in [6.07, 6.45) is 0.626. The highest BCUT2D eigenvalue weighted by atomic mass is 35.5. The number of nitrogens with one attached hydrogen (secondary N) is 1. The maximum absolute atomic E-state index is 9.95. The van der Waals surface area contributed by atoms with E-state index in [-0.39, 0.29) is 0 Å². The third kappa shape index (κ3) is 4.06. The fourth-order valence-corrected chi connectivity index (χ4v) is 2.77. The summed E-state index contributed by atoms with van der Waals surface area (Å²) >= 11 is 7.27. The minimum absolute atomic E-state index is 0.453. The standard InChI is InChI=1S/C12H20ClNOS/c1-4-9(8(2)3)14-7-10(15)11-5-6-12(13)16-11/h5-6,8-10,14-15H,4,7H2,1-3H3. The molecule has 0 spiro atoms. The average molecular weight is 262 g/mol. The summed E-state index contributed by atoms with van der Waals surface area (Å²) in [5.41, 5.74) is 0. The molecule has 0 aliphatic carbocycles. The quantitative estimate of drug-likeness (QED) is 0.822. The van der Waals surface area contributed by atoms with Gasteiger partial charge in [0.15, 0.2) is 0 Å². The first kappa shape index (κ1) is 14.0. The normalized spacial score (nSPS) is 15.4. The van der Waals surface area contributed by atoms with Gasteiger partial charge in [-0.25, -0.2) is 0 Å². The highest BCUT2D eigenvalue weighted by Crippen LogP contribution is 2.26. The number of aliphatic hydroxyl groups excluding tert-OH is 1. The van der Waals surface area contributed by atoms with Gasteiger partial charge in [-0.1, -0.05) is 32.4 Å². The van der Waals surface area contributed by atoms with E-state index < -0.39 is 6.10 Å². The van der Waals surface area contributed by atoms with Gasteiger partial charge >= 0.3 is 0 Å². The third-order valence-corrected chi connectivity index (χ3v) is 4.07. The first-order valence-corrected chi connectivity index (χ1v) is 6.90. The lowest BCUT2D eigenvalue weighted by molar-refractivity contribution is 0.168.